The number of aromatic nitrogens is 1. The molecule has 0 saturated carbocycles. The largest absolute Gasteiger partial charge is 0.384 e. The standard InChI is InChI=1S/C10H13N3/c1-10(12)6-2-3-8-7(10)4-5-9(11)13-8/h2-5H,6,12H2,1H3,(H2,11,13). The summed E-state index contributed by atoms with van der Waals surface area (Å²) in [4.78, 5) is 4.22. The van der Waals surface area contributed by atoms with Crippen molar-refractivity contribution in [3.05, 3.63) is 29.5 Å². The van der Waals surface area contributed by atoms with Gasteiger partial charge in [-0.25, -0.2) is 4.98 Å². The van der Waals surface area contributed by atoms with Crippen LogP contribution in [0.3, 0.4) is 0 Å². The highest BCUT2D eigenvalue weighted by Crippen LogP contribution is 2.30. The number of rotatable bonds is 0. The number of pyridine rings is 1. The maximum absolute atomic E-state index is 6.11. The second kappa shape index (κ2) is 2.57. The van der Waals surface area contributed by atoms with Crippen LogP contribution in [0, 0.1) is 0 Å². The van der Waals surface area contributed by atoms with Gasteiger partial charge in [0, 0.05) is 5.54 Å². The molecule has 2 rings (SSSR count). The molecule has 0 fully saturated rings. The van der Waals surface area contributed by atoms with Crippen molar-refractivity contribution >= 4 is 11.9 Å². The second-order valence-electron chi connectivity index (χ2n) is 3.69. The summed E-state index contributed by atoms with van der Waals surface area (Å²) in [7, 11) is 0. The molecule has 68 valence electrons. The summed E-state index contributed by atoms with van der Waals surface area (Å²) < 4.78 is 0. The third-order valence-corrected chi connectivity index (χ3v) is 2.38. The van der Waals surface area contributed by atoms with Crippen molar-refractivity contribution in [2.45, 2.75) is 18.9 Å². The Balaban J connectivity index is 2.61. The average molecular weight is 175 g/mol. The summed E-state index contributed by atoms with van der Waals surface area (Å²) in [6.07, 6.45) is 4.86. The Morgan fingerprint density at radius 2 is 2.23 bits per heavy atom. The molecule has 0 radical (unpaired) electrons. The predicted molar refractivity (Wildman–Crippen MR) is 53.8 cm³/mol. The van der Waals surface area contributed by atoms with Gasteiger partial charge in [0.1, 0.15) is 5.82 Å². The molecule has 1 aromatic heterocycles. The number of hydrogen-bond donors (Lipinski definition) is 2. The van der Waals surface area contributed by atoms with E-state index in [0.29, 0.717) is 5.82 Å². The van der Waals surface area contributed by atoms with E-state index in [0.717, 1.165) is 17.7 Å². The fourth-order valence-electron chi connectivity index (χ4n) is 1.63. The number of fused-ring (bicyclic) bond motifs is 1. The van der Waals surface area contributed by atoms with Crippen molar-refractivity contribution in [1.29, 1.82) is 0 Å². The van der Waals surface area contributed by atoms with Crippen LogP contribution in [0.1, 0.15) is 24.6 Å². The summed E-state index contributed by atoms with van der Waals surface area (Å²) in [5, 5.41) is 0. The molecule has 0 saturated heterocycles. The maximum atomic E-state index is 6.11. The molecule has 1 aromatic rings. The molecule has 1 aliphatic carbocycles. The summed E-state index contributed by atoms with van der Waals surface area (Å²) >= 11 is 0. The molecule has 0 aromatic carbocycles. The lowest BCUT2D eigenvalue weighted by Gasteiger charge is -2.28. The zero-order valence-corrected chi connectivity index (χ0v) is 7.62. The second-order valence-corrected chi connectivity index (χ2v) is 3.69. The first-order valence-corrected chi connectivity index (χ1v) is 4.32. The van der Waals surface area contributed by atoms with Gasteiger partial charge in [0.2, 0.25) is 0 Å². The summed E-state index contributed by atoms with van der Waals surface area (Å²) in [6, 6.07) is 3.75. The van der Waals surface area contributed by atoms with E-state index in [1.165, 1.54) is 0 Å². The normalized spacial score (nSPS) is 25.7. The minimum absolute atomic E-state index is 0.301. The van der Waals surface area contributed by atoms with Crippen LogP contribution >= 0.6 is 0 Å². The molecule has 1 atom stereocenters. The van der Waals surface area contributed by atoms with Gasteiger partial charge < -0.3 is 11.5 Å². The Labute approximate surface area is 77.5 Å². The number of hydrogen-bond acceptors (Lipinski definition) is 3. The molecule has 3 heteroatoms. The predicted octanol–water partition coefficient (Wildman–Crippen LogP) is 1.25. The van der Waals surface area contributed by atoms with Gasteiger partial charge in [0.05, 0.1) is 5.69 Å². The molecular formula is C10H13N3. The highest BCUT2D eigenvalue weighted by molar-refractivity contribution is 5.57. The lowest BCUT2D eigenvalue weighted by molar-refractivity contribution is 0.495. The van der Waals surface area contributed by atoms with Gasteiger partial charge in [-0.3, -0.25) is 0 Å². The van der Waals surface area contributed by atoms with E-state index in [1.807, 2.05) is 25.1 Å². The maximum Gasteiger partial charge on any atom is 0.124 e. The van der Waals surface area contributed by atoms with Crippen LogP contribution in [0.25, 0.3) is 6.08 Å². The summed E-state index contributed by atoms with van der Waals surface area (Å²) in [6.45, 7) is 2.01. The lowest BCUT2D eigenvalue weighted by Crippen LogP contribution is -2.34. The first kappa shape index (κ1) is 8.26. The van der Waals surface area contributed by atoms with E-state index in [9.17, 15) is 0 Å². The quantitative estimate of drug-likeness (QED) is 0.623. The molecule has 0 bridgehead atoms. The van der Waals surface area contributed by atoms with Gasteiger partial charge in [0.25, 0.3) is 0 Å². The van der Waals surface area contributed by atoms with Crippen LogP contribution in [0.5, 0.6) is 0 Å². The smallest absolute Gasteiger partial charge is 0.124 e. The fraction of sp³-hybridized carbons (Fsp3) is 0.300. The van der Waals surface area contributed by atoms with Crippen molar-refractivity contribution in [3.8, 4) is 0 Å². The van der Waals surface area contributed by atoms with Crippen LogP contribution in [-0.4, -0.2) is 4.98 Å². The first-order chi connectivity index (χ1) is 6.09. The van der Waals surface area contributed by atoms with Gasteiger partial charge in [-0.1, -0.05) is 12.1 Å². The molecule has 0 amide bonds. The van der Waals surface area contributed by atoms with Gasteiger partial charge in [-0.15, -0.1) is 0 Å². The molecular weight excluding hydrogens is 162 g/mol. The van der Waals surface area contributed by atoms with E-state index in [4.69, 9.17) is 11.5 Å². The van der Waals surface area contributed by atoms with E-state index in [-0.39, 0.29) is 5.54 Å². The van der Waals surface area contributed by atoms with Crippen LogP contribution in [-0.2, 0) is 5.54 Å². The Morgan fingerprint density at radius 1 is 1.46 bits per heavy atom. The molecule has 1 aliphatic rings. The Bertz CT molecular complexity index is 366. The van der Waals surface area contributed by atoms with Gasteiger partial charge in [-0.05, 0) is 31.1 Å². The SMILES string of the molecule is CC1(N)CC=Cc2nc(N)ccc21. The third kappa shape index (κ3) is 1.31. The molecule has 4 N–H and O–H groups in total. The van der Waals surface area contributed by atoms with Gasteiger partial charge in [-0.2, -0.15) is 0 Å². The molecule has 1 heterocycles. The zero-order valence-electron chi connectivity index (χ0n) is 7.62. The fourth-order valence-corrected chi connectivity index (χ4v) is 1.63. The van der Waals surface area contributed by atoms with Gasteiger partial charge >= 0.3 is 0 Å². The first-order valence-electron chi connectivity index (χ1n) is 4.32. The van der Waals surface area contributed by atoms with Crippen molar-refractivity contribution in [2.75, 3.05) is 5.73 Å². The van der Waals surface area contributed by atoms with E-state index >= 15 is 0 Å². The Morgan fingerprint density at radius 3 is 3.00 bits per heavy atom. The van der Waals surface area contributed by atoms with Crippen LogP contribution in [0.4, 0.5) is 5.82 Å². The minimum atomic E-state index is -0.301. The monoisotopic (exact) mass is 175 g/mol. The molecule has 0 aliphatic heterocycles. The van der Waals surface area contributed by atoms with Crippen molar-refractivity contribution in [3.63, 3.8) is 0 Å². The van der Waals surface area contributed by atoms with Gasteiger partial charge in [0.15, 0.2) is 0 Å². The van der Waals surface area contributed by atoms with Crippen molar-refractivity contribution in [1.82, 2.24) is 4.98 Å². The van der Waals surface area contributed by atoms with E-state index in [2.05, 4.69) is 4.98 Å². The number of nitrogens with two attached hydrogens (primary N) is 2. The average Bonchev–Trinajstić information content (AvgIpc) is 2.02. The van der Waals surface area contributed by atoms with E-state index in [1.54, 1.807) is 6.07 Å². The van der Waals surface area contributed by atoms with Crippen LogP contribution in [0.15, 0.2) is 18.2 Å². The molecule has 13 heavy (non-hydrogen) atoms. The highest BCUT2D eigenvalue weighted by atomic mass is 14.9. The summed E-state index contributed by atoms with van der Waals surface area (Å²) in [5.74, 6) is 0.543. The number of anilines is 1. The van der Waals surface area contributed by atoms with E-state index < -0.39 is 0 Å². The lowest BCUT2D eigenvalue weighted by atomic mass is 9.85. The zero-order chi connectivity index (χ0) is 9.47. The number of nitrogen functional groups attached to an aromatic ring is 1. The van der Waals surface area contributed by atoms with Crippen LogP contribution < -0.4 is 11.5 Å². The molecule has 3 nitrogen and oxygen atoms in total. The minimum Gasteiger partial charge on any atom is -0.384 e. The number of nitrogens with zero attached hydrogens (tertiary/aromatic N) is 1. The van der Waals surface area contributed by atoms with Crippen molar-refractivity contribution in [2.24, 2.45) is 5.73 Å². The summed E-state index contributed by atoms with van der Waals surface area (Å²) in [5.41, 5.74) is 13.4. The Hall–Kier alpha value is -1.35. The topological polar surface area (TPSA) is 64.9 Å². The van der Waals surface area contributed by atoms with Crippen molar-refractivity contribution < 1.29 is 0 Å². The Kier molecular flexibility index (Phi) is 1.63. The molecule has 0 spiro atoms. The van der Waals surface area contributed by atoms with Crippen LogP contribution in [0.2, 0.25) is 0 Å². The molecule has 1 unspecified atom stereocenters. The third-order valence-electron chi connectivity index (χ3n) is 2.38. The highest BCUT2D eigenvalue weighted by Gasteiger charge is 2.25.